The van der Waals surface area contributed by atoms with Crippen LogP contribution in [0.1, 0.15) is 266 Å². The summed E-state index contributed by atoms with van der Waals surface area (Å²) < 4.78 is 50.0. The first-order valence-electron chi connectivity index (χ1n) is 55.3. The molecule has 150 heavy (non-hydrogen) atoms. The lowest BCUT2D eigenvalue weighted by molar-refractivity contribution is -0.899. The lowest BCUT2D eigenvalue weighted by atomic mass is 9.80. The number of Topliss-reactive ketones (excluding diaryl/α,β-unsaturated/α-hetero) is 4. The van der Waals surface area contributed by atoms with Crippen LogP contribution in [0.4, 0.5) is 0 Å². The molecule has 16 atom stereocenters. The third-order valence-electron chi connectivity index (χ3n) is 30.9. The molecule has 4 aliphatic rings. The molecule has 20 nitrogen and oxygen atoms in total. The summed E-state index contributed by atoms with van der Waals surface area (Å²) in [6.45, 7) is 44.6. The molecule has 9 aromatic carbocycles. The Kier molecular flexibility index (Phi) is 48.9. The van der Waals surface area contributed by atoms with E-state index in [1.165, 1.54) is 89.2 Å². The first-order chi connectivity index (χ1) is 72.0. The number of benzene rings is 9. The van der Waals surface area contributed by atoms with E-state index in [2.05, 4.69) is 89.7 Å². The fourth-order valence-corrected chi connectivity index (χ4v) is 21.5. The zero-order chi connectivity index (χ0) is 108. The molecule has 13 rings (SSSR count). The Labute approximate surface area is 897 Å². The van der Waals surface area contributed by atoms with Crippen molar-refractivity contribution in [3.05, 3.63) is 328 Å². The number of ether oxygens (including phenoxy) is 8. The first-order valence-corrected chi connectivity index (χ1v) is 55.3. The van der Waals surface area contributed by atoms with E-state index < -0.39 is 5.92 Å². The maximum atomic E-state index is 13.6. The van der Waals surface area contributed by atoms with Crippen molar-refractivity contribution in [3.63, 3.8) is 0 Å². The van der Waals surface area contributed by atoms with Gasteiger partial charge in [-0.1, -0.05) is 250 Å². The number of esters is 4. The largest absolute Gasteiger partial charge is 0.488 e. The lowest BCUT2D eigenvalue weighted by Crippen LogP contribution is -2.44. The number of carbonyl (C=O) groups is 8. The minimum atomic E-state index is -0.400. The van der Waals surface area contributed by atoms with Gasteiger partial charge in [-0.3, -0.25) is 38.4 Å². The molecule has 4 heterocycles. The molecule has 0 aromatic heterocycles. The average molecular weight is 2050 g/mol. The van der Waals surface area contributed by atoms with E-state index in [4.69, 9.17) is 37.9 Å². The van der Waals surface area contributed by atoms with E-state index in [-0.39, 0.29) is 127 Å². The van der Waals surface area contributed by atoms with E-state index in [9.17, 15) is 38.4 Å². The van der Waals surface area contributed by atoms with Gasteiger partial charge in [0.05, 0.1) is 119 Å². The Morgan fingerprint density at radius 2 is 0.600 bits per heavy atom. The Balaban J connectivity index is 0.000000205. The molecule has 4 aliphatic heterocycles. The smallest absolute Gasteiger partial charge is 0.306 e. The van der Waals surface area contributed by atoms with Crippen molar-refractivity contribution in [1.29, 1.82) is 0 Å². The number of carbonyl (C=O) groups excluding carboxylic acids is 8. The predicted molar refractivity (Wildman–Crippen MR) is 602 cm³/mol. The van der Waals surface area contributed by atoms with Crippen LogP contribution in [-0.4, -0.2) is 225 Å². The summed E-state index contributed by atoms with van der Waals surface area (Å²) >= 11 is 0. The van der Waals surface area contributed by atoms with Crippen LogP contribution in [0.2, 0.25) is 0 Å². The molecule has 0 aliphatic carbocycles. The van der Waals surface area contributed by atoms with Crippen LogP contribution >= 0.6 is 0 Å². The van der Waals surface area contributed by atoms with Crippen molar-refractivity contribution in [3.8, 4) is 23.0 Å². The predicted octanol–water partition coefficient (Wildman–Crippen LogP) is 26.0. The van der Waals surface area contributed by atoms with Crippen LogP contribution in [0.5, 0.6) is 23.0 Å². The van der Waals surface area contributed by atoms with Gasteiger partial charge in [0.1, 0.15) is 88.8 Å². The Bertz CT molecular complexity index is 5700. The van der Waals surface area contributed by atoms with Gasteiger partial charge in [-0.25, -0.2) is 0 Å². The number of hydrogen-bond acceptors (Lipinski definition) is 16. The molecule has 4 saturated heterocycles. The van der Waals surface area contributed by atoms with E-state index >= 15 is 0 Å². The van der Waals surface area contributed by atoms with Crippen molar-refractivity contribution in [2.24, 2.45) is 47.3 Å². The molecule has 4 fully saturated rings. The van der Waals surface area contributed by atoms with Crippen molar-refractivity contribution in [1.82, 2.24) is 0 Å². The highest BCUT2D eigenvalue weighted by Crippen LogP contribution is 2.39. The number of hydrogen-bond donors (Lipinski definition) is 0. The summed E-state index contributed by atoms with van der Waals surface area (Å²) in [6, 6.07) is 78.7. The molecular weight excluding hydrogens is 1870 g/mol. The van der Waals surface area contributed by atoms with Crippen molar-refractivity contribution in [2.45, 2.75) is 197 Å². The van der Waals surface area contributed by atoms with Gasteiger partial charge in [-0.05, 0) is 184 Å². The Morgan fingerprint density at radius 3 is 0.867 bits per heavy atom. The van der Waals surface area contributed by atoms with Crippen LogP contribution in [0.15, 0.2) is 278 Å². The monoisotopic (exact) mass is 2050 g/mol. The molecule has 9 aromatic rings. The maximum Gasteiger partial charge on any atom is 0.306 e. The molecule has 16 unspecified atom stereocenters. The molecule has 0 saturated carbocycles. The fraction of sp³-hybridized carbons (Fsp3) is 0.477. The number of likely N-dealkylation sites (tertiary alicyclic amines) is 4. The second kappa shape index (κ2) is 61.3. The minimum absolute atomic E-state index is 0.00120. The normalized spacial score (nSPS) is 20.8. The number of likely N-dealkylation sites (N-methyl/N-ethyl adjacent to an activating group) is 4. The van der Waals surface area contributed by atoms with Crippen molar-refractivity contribution < 1.29 is 94.2 Å². The SMILES string of the molecule is CC(C)=CCC/C(C)=C/COC(=O)CC(c1ccccc1)C(C)C(=O)c1ccc(OCC[N+]2(C)CCC(C)C2)cc1.CC1CC[N+](C)(CCOc2ccc(C(=O)C(C)C(CC(=O)OC/C=C/c3ccccc3)c3ccccc3)cc2)C1.CCCCCOC(=O)CC(c1ccccc1)C(C)C(=O)c1ccc(OCC[N+]2(C)CCC(C)C2)cc1.CCOC(=O)CC(c1ccccc1)C(C)C(=O)c1ccc(OCC[N+]2(C)CCC(C)C2)cc1. The second-order valence-electron chi connectivity index (χ2n) is 44.3. The molecule has 20 heteroatoms. The minimum Gasteiger partial charge on any atom is -0.488 e. The molecule has 0 N–H and O–H groups in total. The molecule has 0 bridgehead atoms. The van der Waals surface area contributed by atoms with Crippen molar-refractivity contribution >= 4 is 53.1 Å². The van der Waals surface area contributed by atoms with Crippen LogP contribution < -0.4 is 18.9 Å². The van der Waals surface area contributed by atoms with E-state index in [1.807, 2.05) is 295 Å². The van der Waals surface area contributed by atoms with Crippen LogP contribution in [0, 0.1) is 47.3 Å². The Morgan fingerprint density at radius 1 is 0.327 bits per heavy atom. The molecule has 0 amide bonds. The third kappa shape index (κ3) is 40.2. The van der Waals surface area contributed by atoms with E-state index in [0.717, 1.165) is 151 Å². The first kappa shape index (κ1) is 120. The van der Waals surface area contributed by atoms with Crippen LogP contribution in [0.3, 0.4) is 0 Å². The van der Waals surface area contributed by atoms with Crippen LogP contribution in [0.25, 0.3) is 6.08 Å². The van der Waals surface area contributed by atoms with Gasteiger partial charge in [0.2, 0.25) is 0 Å². The highest BCUT2D eigenvalue weighted by Gasteiger charge is 2.39. The second-order valence-corrected chi connectivity index (χ2v) is 44.3. The fourth-order valence-electron chi connectivity index (χ4n) is 21.5. The number of ketones is 4. The zero-order valence-corrected chi connectivity index (χ0v) is 93.1. The van der Waals surface area contributed by atoms with Crippen LogP contribution in [-0.2, 0) is 38.1 Å². The summed E-state index contributed by atoms with van der Waals surface area (Å²) in [5.74, 6) is 2.61. The third-order valence-corrected chi connectivity index (χ3v) is 30.9. The maximum absolute atomic E-state index is 13.6. The standard InChI is InChI=1S/C36H50NO4.C35H42NO4.C31H44NO4.C28H38NO4/c1-27(2)11-10-12-28(3)20-23-41-35(38)25-34(31-13-8-7-9-14-31)30(5)36(39)32-15-17-33(18-16-32)40-24-22-37(6)21-19-29(4)26-37;1-27-20-21-36(3,26-27)22-24-39-32-18-16-31(17-19-32)35(38)28(2)33(30-14-8-5-9-15-30)25-34(37)40-23-10-13-29-11-6-4-7-12-29;1-5-6-10-20-36-30(33)22-29(26-11-8-7-9-12-26)25(3)31(34)27-13-15-28(16-14-27)35-21-19-32(4)18-17-24(2)23-32;1-5-32-27(30)19-26(23-9-7-6-8-10-23)22(3)28(31)24-11-13-25(14-12-24)33-18-17-29(4)16-15-21(2)20-29/h7-9,11,13-18,20,29-30,34H,10,12,19,21-26H2,1-6H3;4-19,27-28,33H,20-26H2,1-3H3;7-9,11-16,24-25,29H,5-6,10,17-23H2,1-4H3;6-14,21-22,26H,5,15-20H2,1-4H3/q4*+1/b28-20+;13-10+;;. The summed E-state index contributed by atoms with van der Waals surface area (Å²) in [6.07, 6.45) is 18.7. The van der Waals surface area contributed by atoms with E-state index in [0.29, 0.717) is 61.9 Å². The molecule has 806 valence electrons. The number of rotatable bonds is 53. The van der Waals surface area contributed by atoms with Gasteiger partial charge in [0, 0.05) is 119 Å². The van der Waals surface area contributed by atoms with Gasteiger partial charge in [0.25, 0.3) is 0 Å². The Hall–Kier alpha value is -12.2. The van der Waals surface area contributed by atoms with Crippen molar-refractivity contribution in [2.75, 3.05) is 160 Å². The number of quaternary nitrogens is 4. The average Bonchev–Trinajstić information content (AvgIpc) is 1.21. The van der Waals surface area contributed by atoms with Gasteiger partial charge in [-0.15, -0.1) is 0 Å². The number of nitrogens with zero attached hydrogens (tertiary/aromatic N) is 4. The lowest BCUT2D eigenvalue weighted by Gasteiger charge is -2.29. The highest BCUT2D eigenvalue weighted by atomic mass is 16.5. The van der Waals surface area contributed by atoms with Gasteiger partial charge < -0.3 is 55.8 Å². The molecular formula is C130H174N4O16+4. The summed E-state index contributed by atoms with van der Waals surface area (Å²) in [4.78, 5) is 104. The van der Waals surface area contributed by atoms with Gasteiger partial charge in [-0.2, -0.15) is 0 Å². The van der Waals surface area contributed by atoms with Gasteiger partial charge >= 0.3 is 23.9 Å². The number of unbranched alkanes of at least 4 members (excludes halogenated alkanes) is 2. The summed E-state index contributed by atoms with van der Waals surface area (Å²) in [5, 5.41) is 0. The quantitative estimate of drug-likeness (QED) is 0.00866. The summed E-state index contributed by atoms with van der Waals surface area (Å²) in [7, 11) is 9.21. The van der Waals surface area contributed by atoms with E-state index in [1.54, 1.807) is 6.92 Å². The van der Waals surface area contributed by atoms with Gasteiger partial charge in [0.15, 0.2) is 23.1 Å². The topological polar surface area (TPSA) is 210 Å². The number of allylic oxidation sites excluding steroid dienone is 3. The highest BCUT2D eigenvalue weighted by molar-refractivity contribution is 6.01. The zero-order valence-electron chi connectivity index (χ0n) is 93.1. The summed E-state index contributed by atoms with van der Waals surface area (Å²) in [5.41, 5.74) is 9.94. The molecule has 0 radical (unpaired) electrons. The molecule has 0 spiro atoms.